The van der Waals surface area contributed by atoms with Crippen LogP contribution >= 0.6 is 0 Å². The van der Waals surface area contributed by atoms with Crippen molar-refractivity contribution < 1.29 is 33.5 Å². The van der Waals surface area contributed by atoms with Crippen LogP contribution in [0.3, 0.4) is 0 Å². The summed E-state index contributed by atoms with van der Waals surface area (Å²) in [5, 5.41) is 1.33. The zero-order chi connectivity index (χ0) is 22.6. The monoisotopic (exact) mass is 451 g/mol. The van der Waals surface area contributed by atoms with Gasteiger partial charge in [0.05, 0.1) is 20.7 Å². The lowest BCUT2D eigenvalue weighted by molar-refractivity contribution is -0.442. The number of unbranched alkanes of at least 4 members (excludes halogenated alkanes) is 1. The van der Waals surface area contributed by atoms with Crippen LogP contribution in [0.1, 0.15) is 36.5 Å². The van der Waals surface area contributed by atoms with Crippen LogP contribution < -0.4 is 0 Å². The average Bonchev–Trinajstić information content (AvgIpc) is 3.14. The van der Waals surface area contributed by atoms with E-state index in [1.807, 2.05) is 6.07 Å². The Morgan fingerprint density at radius 2 is 1.87 bits per heavy atom. The van der Waals surface area contributed by atoms with E-state index in [0.29, 0.717) is 18.6 Å². The van der Waals surface area contributed by atoms with Crippen molar-refractivity contribution in [3.05, 3.63) is 35.9 Å². The topological polar surface area (TPSA) is 83.5 Å². The second kappa shape index (κ2) is 10.2. The molecule has 172 valence electrons. The van der Waals surface area contributed by atoms with Gasteiger partial charge in [-0.25, -0.2) is 14.4 Å². The Balaban J connectivity index is 1.88. The number of hydrogen-bond donors (Lipinski definition) is 0. The van der Waals surface area contributed by atoms with Crippen LogP contribution in [-0.4, -0.2) is 63.5 Å². The van der Waals surface area contributed by atoms with Gasteiger partial charge in [0.1, 0.15) is 12.1 Å². The van der Waals surface area contributed by atoms with Crippen LogP contribution in [0.15, 0.2) is 30.3 Å². The molecule has 0 bridgehead atoms. The molecule has 8 nitrogen and oxygen atoms in total. The molecule has 2 aliphatic rings. The van der Waals surface area contributed by atoms with Crippen molar-refractivity contribution in [3.63, 3.8) is 0 Å². The van der Waals surface area contributed by atoms with E-state index in [1.54, 1.807) is 24.3 Å². The molecule has 0 unspecified atom stereocenters. The van der Waals surface area contributed by atoms with E-state index in [9.17, 15) is 9.59 Å². The van der Waals surface area contributed by atoms with Gasteiger partial charge in [-0.2, -0.15) is 0 Å². The van der Waals surface area contributed by atoms with Crippen LogP contribution in [0.4, 0.5) is 0 Å². The molecule has 1 aromatic rings. The van der Waals surface area contributed by atoms with Crippen LogP contribution in [0, 0.1) is 0 Å². The van der Waals surface area contributed by atoms with Gasteiger partial charge in [-0.1, -0.05) is 56.4 Å². The highest BCUT2D eigenvalue weighted by Crippen LogP contribution is 2.46. The first-order valence-corrected chi connectivity index (χ1v) is 14.4. The van der Waals surface area contributed by atoms with Gasteiger partial charge in [0, 0.05) is 18.6 Å². The predicted octanol–water partition coefficient (Wildman–Crippen LogP) is 3.56. The quantitative estimate of drug-likeness (QED) is 0.337. The molecule has 0 N–H and O–H groups in total. The fourth-order valence-electron chi connectivity index (χ4n) is 4.14. The van der Waals surface area contributed by atoms with E-state index < -0.39 is 44.6 Å². The first-order chi connectivity index (χ1) is 14.8. The van der Waals surface area contributed by atoms with Crippen LogP contribution in [0.5, 0.6) is 0 Å². The van der Waals surface area contributed by atoms with Crippen LogP contribution in [-0.2, 0) is 28.7 Å². The fraction of sp³-hybridized carbons (Fsp3) is 0.636. The third-order valence-electron chi connectivity index (χ3n) is 5.69. The second-order valence-corrected chi connectivity index (χ2v) is 14.4. The summed E-state index contributed by atoms with van der Waals surface area (Å²) in [6, 6.07) is 8.44. The highest BCUT2D eigenvalue weighted by atomic mass is 28.3. The summed E-state index contributed by atoms with van der Waals surface area (Å²) < 4.78 is 16.8. The molecule has 2 heterocycles. The minimum Gasteiger partial charge on any atom is -0.467 e. The Bertz CT molecular complexity index is 754. The summed E-state index contributed by atoms with van der Waals surface area (Å²) in [6.45, 7) is 9.06. The van der Waals surface area contributed by atoms with Crippen molar-refractivity contribution in [2.45, 2.75) is 75.9 Å². The first-order valence-electron chi connectivity index (χ1n) is 10.8. The Morgan fingerprint density at radius 3 is 2.48 bits per heavy atom. The zero-order valence-corrected chi connectivity index (χ0v) is 19.9. The third kappa shape index (κ3) is 5.53. The molecule has 3 rings (SSSR count). The lowest BCUT2D eigenvalue weighted by Crippen LogP contribution is -2.55. The summed E-state index contributed by atoms with van der Waals surface area (Å²) in [7, 11) is -0.637. The fourth-order valence-corrected chi connectivity index (χ4v) is 6.60. The maximum atomic E-state index is 12.9. The molecule has 2 aliphatic heterocycles. The lowest BCUT2D eigenvalue weighted by atomic mass is 10.00. The number of carbonyl (C=O) groups excluding carboxylic acids is 2. The van der Waals surface area contributed by atoms with E-state index in [4.69, 9.17) is 23.9 Å². The molecular weight excluding hydrogens is 418 g/mol. The smallest absolute Gasteiger partial charge is 0.338 e. The highest BCUT2D eigenvalue weighted by Gasteiger charge is 2.60. The van der Waals surface area contributed by atoms with Crippen molar-refractivity contribution in [2.75, 3.05) is 13.7 Å². The van der Waals surface area contributed by atoms with Crippen molar-refractivity contribution >= 4 is 20.0 Å². The minimum atomic E-state index is -1.98. The number of benzene rings is 1. The molecule has 2 fully saturated rings. The number of esters is 2. The van der Waals surface area contributed by atoms with Gasteiger partial charge >= 0.3 is 11.9 Å². The molecule has 2 saturated heterocycles. The van der Waals surface area contributed by atoms with Gasteiger partial charge in [0.15, 0.2) is 12.4 Å². The van der Waals surface area contributed by atoms with E-state index in [0.717, 1.165) is 12.8 Å². The average molecular weight is 452 g/mol. The first kappa shape index (κ1) is 23.9. The zero-order valence-electron chi connectivity index (χ0n) is 18.9. The molecule has 1 aromatic carbocycles. The number of ether oxygens (including phenoxy) is 3. The van der Waals surface area contributed by atoms with Crippen molar-refractivity contribution in [2.24, 2.45) is 0 Å². The number of fused-ring (bicyclic) bond motifs is 1. The summed E-state index contributed by atoms with van der Waals surface area (Å²) in [6.07, 6.45) is 0.246. The number of hydroxylamine groups is 2. The largest absolute Gasteiger partial charge is 0.467 e. The Labute approximate surface area is 184 Å². The Hall–Kier alpha value is -1.78. The van der Waals surface area contributed by atoms with E-state index in [-0.39, 0.29) is 5.54 Å². The van der Waals surface area contributed by atoms with Crippen molar-refractivity contribution in [1.29, 1.82) is 0 Å². The van der Waals surface area contributed by atoms with E-state index in [1.165, 1.54) is 12.3 Å². The highest BCUT2D eigenvalue weighted by molar-refractivity contribution is 6.78. The van der Waals surface area contributed by atoms with Gasteiger partial charge in [0.2, 0.25) is 0 Å². The number of hydrogen-bond acceptors (Lipinski definition) is 8. The summed E-state index contributed by atoms with van der Waals surface area (Å²) in [4.78, 5) is 37.2. The summed E-state index contributed by atoms with van der Waals surface area (Å²) in [5.74, 6) is -0.877. The number of rotatable bonds is 8. The van der Waals surface area contributed by atoms with Crippen LogP contribution in [0.25, 0.3) is 0 Å². The molecule has 9 heteroatoms. The maximum Gasteiger partial charge on any atom is 0.338 e. The maximum absolute atomic E-state index is 12.9. The molecule has 0 saturated carbocycles. The lowest BCUT2D eigenvalue weighted by Gasteiger charge is -2.41. The molecule has 0 amide bonds. The Morgan fingerprint density at radius 1 is 1.16 bits per heavy atom. The third-order valence-corrected chi connectivity index (χ3v) is 8.33. The second-order valence-electron chi connectivity index (χ2n) is 9.02. The molecule has 0 spiro atoms. The van der Waals surface area contributed by atoms with Crippen LogP contribution in [0.2, 0.25) is 25.2 Å². The van der Waals surface area contributed by atoms with Gasteiger partial charge < -0.3 is 14.2 Å². The molecule has 0 aliphatic carbocycles. The Kier molecular flexibility index (Phi) is 7.87. The molecule has 5 atom stereocenters. The number of methoxy groups -OCH3 is 1. The van der Waals surface area contributed by atoms with E-state index in [2.05, 4.69) is 26.6 Å². The molecule has 31 heavy (non-hydrogen) atoms. The molecular formula is C22H33NO7Si. The molecule has 0 radical (unpaired) electrons. The van der Waals surface area contributed by atoms with Gasteiger partial charge in [0.25, 0.3) is 0 Å². The van der Waals surface area contributed by atoms with Gasteiger partial charge in [-0.3, -0.25) is 4.84 Å². The summed E-state index contributed by atoms with van der Waals surface area (Å²) >= 11 is 0. The number of nitrogens with zero attached hydrogens (tertiary/aromatic N) is 1. The normalized spacial score (nSPS) is 28.7. The predicted molar refractivity (Wildman–Crippen MR) is 116 cm³/mol. The van der Waals surface area contributed by atoms with Gasteiger partial charge in [-0.05, 0) is 18.6 Å². The minimum absolute atomic E-state index is 0.190. The standard InChI is InChI=1S/C22H33NO7Si/c1-6-7-13-27-17-14-16(28-21(24)15-11-9-8-10-12-15)18-20(31(3,4)5)19(22(25)26-2)30-23(18)29-17/h8-12,16-20H,6-7,13-14H2,1-5H3/t16-,17-,18-,19+,20+/m0/s1. The van der Waals surface area contributed by atoms with Crippen molar-refractivity contribution in [3.8, 4) is 0 Å². The molecule has 0 aromatic heterocycles. The van der Waals surface area contributed by atoms with Gasteiger partial charge in [-0.15, -0.1) is 0 Å². The summed E-state index contributed by atoms with van der Waals surface area (Å²) in [5.41, 5.74) is 0.280. The number of carbonyl (C=O) groups is 2. The SMILES string of the molecule is CCCCO[C@@H]1C[C@H](OC(=O)c2ccccc2)[C@H]2[C@@H]([Si](C)(C)C)[C@H](C(=O)OC)ON2O1. The van der Waals surface area contributed by atoms with E-state index >= 15 is 0 Å². The van der Waals surface area contributed by atoms with Crippen molar-refractivity contribution in [1.82, 2.24) is 5.23 Å².